The number of fused-ring (bicyclic) bond motifs is 1. The highest BCUT2D eigenvalue weighted by Gasteiger charge is 2.16. The van der Waals surface area contributed by atoms with Crippen molar-refractivity contribution in [2.24, 2.45) is 0 Å². The SMILES string of the molecule is CCNc1nnc(SCC(=O)c2ccc3c(c2)OCO3)s1. The predicted octanol–water partition coefficient (Wildman–Crippen LogP) is 2.67. The van der Waals surface area contributed by atoms with Crippen molar-refractivity contribution in [1.29, 1.82) is 0 Å². The van der Waals surface area contributed by atoms with Gasteiger partial charge < -0.3 is 14.8 Å². The maximum atomic E-state index is 12.2. The van der Waals surface area contributed by atoms with Gasteiger partial charge in [-0.15, -0.1) is 10.2 Å². The van der Waals surface area contributed by atoms with Crippen molar-refractivity contribution in [2.75, 3.05) is 24.4 Å². The van der Waals surface area contributed by atoms with E-state index in [4.69, 9.17) is 9.47 Å². The summed E-state index contributed by atoms with van der Waals surface area (Å²) in [6, 6.07) is 5.23. The van der Waals surface area contributed by atoms with Crippen LogP contribution in [0.25, 0.3) is 0 Å². The molecule has 2 heterocycles. The second-order valence-corrected chi connectivity index (χ2v) is 6.38. The van der Waals surface area contributed by atoms with Gasteiger partial charge in [0.15, 0.2) is 21.6 Å². The molecule has 0 aliphatic carbocycles. The van der Waals surface area contributed by atoms with Crippen molar-refractivity contribution in [1.82, 2.24) is 10.2 Å². The summed E-state index contributed by atoms with van der Waals surface area (Å²) in [5.74, 6) is 1.65. The molecule has 1 aromatic carbocycles. The topological polar surface area (TPSA) is 73.3 Å². The van der Waals surface area contributed by atoms with Crippen molar-refractivity contribution < 1.29 is 14.3 Å². The molecule has 0 saturated carbocycles. The summed E-state index contributed by atoms with van der Waals surface area (Å²) in [6.07, 6.45) is 0. The molecular weight excluding hydrogens is 310 g/mol. The lowest BCUT2D eigenvalue weighted by Crippen LogP contribution is -2.02. The van der Waals surface area contributed by atoms with E-state index >= 15 is 0 Å². The Balaban J connectivity index is 1.60. The van der Waals surface area contributed by atoms with Crippen LogP contribution >= 0.6 is 23.1 Å². The van der Waals surface area contributed by atoms with Gasteiger partial charge >= 0.3 is 0 Å². The number of hydrogen-bond donors (Lipinski definition) is 1. The van der Waals surface area contributed by atoms with Crippen molar-refractivity contribution in [3.63, 3.8) is 0 Å². The molecule has 1 aromatic heterocycles. The van der Waals surface area contributed by atoms with Crippen LogP contribution in [0.15, 0.2) is 22.5 Å². The molecule has 0 amide bonds. The highest BCUT2D eigenvalue weighted by atomic mass is 32.2. The van der Waals surface area contributed by atoms with Crippen molar-refractivity contribution >= 4 is 34.0 Å². The average Bonchev–Trinajstić information content (AvgIpc) is 3.13. The van der Waals surface area contributed by atoms with Crippen LogP contribution in [0.1, 0.15) is 17.3 Å². The van der Waals surface area contributed by atoms with E-state index in [-0.39, 0.29) is 12.6 Å². The number of aromatic nitrogens is 2. The van der Waals surface area contributed by atoms with Gasteiger partial charge in [-0.3, -0.25) is 4.79 Å². The van der Waals surface area contributed by atoms with Crippen molar-refractivity contribution in [2.45, 2.75) is 11.3 Å². The number of Topliss-reactive ketones (excluding diaryl/α,β-unsaturated/α-hetero) is 1. The molecule has 8 heteroatoms. The quantitative estimate of drug-likeness (QED) is 0.647. The predicted molar refractivity (Wildman–Crippen MR) is 81.7 cm³/mol. The third-order valence-corrected chi connectivity index (χ3v) is 4.77. The average molecular weight is 323 g/mol. The van der Waals surface area contributed by atoms with Crippen LogP contribution in [0.4, 0.5) is 5.13 Å². The van der Waals surface area contributed by atoms with Gasteiger partial charge in [-0.25, -0.2) is 0 Å². The van der Waals surface area contributed by atoms with Crippen molar-refractivity contribution in [3.8, 4) is 11.5 Å². The number of benzene rings is 1. The van der Waals surface area contributed by atoms with E-state index in [9.17, 15) is 4.79 Å². The number of thioether (sulfide) groups is 1. The first-order valence-electron chi connectivity index (χ1n) is 6.39. The second-order valence-electron chi connectivity index (χ2n) is 4.18. The Morgan fingerprint density at radius 2 is 2.24 bits per heavy atom. The second kappa shape index (κ2) is 6.31. The molecular formula is C13H13N3O3S2. The van der Waals surface area contributed by atoms with E-state index in [1.165, 1.54) is 23.1 Å². The van der Waals surface area contributed by atoms with Crippen LogP contribution in [0.3, 0.4) is 0 Å². The summed E-state index contributed by atoms with van der Waals surface area (Å²) in [4.78, 5) is 12.2. The van der Waals surface area contributed by atoms with Gasteiger partial charge in [0.25, 0.3) is 0 Å². The van der Waals surface area contributed by atoms with Gasteiger partial charge in [-0.1, -0.05) is 23.1 Å². The van der Waals surface area contributed by atoms with E-state index in [0.717, 1.165) is 16.0 Å². The Hall–Kier alpha value is -1.80. The monoisotopic (exact) mass is 323 g/mol. The molecule has 0 bridgehead atoms. The Labute approximate surface area is 129 Å². The summed E-state index contributed by atoms with van der Waals surface area (Å²) in [5.41, 5.74) is 0.614. The lowest BCUT2D eigenvalue weighted by Gasteiger charge is -2.01. The van der Waals surface area contributed by atoms with E-state index in [2.05, 4.69) is 15.5 Å². The zero-order valence-electron chi connectivity index (χ0n) is 11.3. The molecule has 3 rings (SSSR count). The summed E-state index contributed by atoms with van der Waals surface area (Å²) >= 11 is 2.83. The molecule has 1 aliphatic heterocycles. The first kappa shape index (κ1) is 14.2. The number of ketones is 1. The smallest absolute Gasteiger partial charge is 0.231 e. The lowest BCUT2D eigenvalue weighted by molar-refractivity contribution is 0.102. The molecule has 0 unspecified atom stereocenters. The number of nitrogens with one attached hydrogen (secondary N) is 1. The molecule has 0 atom stereocenters. The molecule has 0 radical (unpaired) electrons. The molecule has 0 spiro atoms. The molecule has 0 saturated heterocycles. The molecule has 1 N–H and O–H groups in total. The van der Waals surface area contributed by atoms with Crippen molar-refractivity contribution in [3.05, 3.63) is 23.8 Å². The summed E-state index contributed by atoms with van der Waals surface area (Å²) in [6.45, 7) is 3.01. The lowest BCUT2D eigenvalue weighted by atomic mass is 10.1. The number of hydrogen-bond acceptors (Lipinski definition) is 8. The molecule has 1 aliphatic rings. The minimum Gasteiger partial charge on any atom is -0.454 e. The Bertz CT molecular complexity index is 660. The van der Waals surface area contributed by atoms with Crippen LogP contribution in [-0.2, 0) is 0 Å². The highest BCUT2D eigenvalue weighted by Crippen LogP contribution is 2.33. The maximum absolute atomic E-state index is 12.2. The maximum Gasteiger partial charge on any atom is 0.231 e. The first-order chi connectivity index (χ1) is 10.3. The molecule has 110 valence electrons. The van der Waals surface area contributed by atoms with Gasteiger partial charge in [-0.2, -0.15) is 0 Å². The minimum absolute atomic E-state index is 0.0264. The Kier molecular flexibility index (Phi) is 4.26. The minimum atomic E-state index is 0.0264. The Morgan fingerprint density at radius 3 is 3.10 bits per heavy atom. The van der Waals surface area contributed by atoms with Gasteiger partial charge in [0.05, 0.1) is 5.75 Å². The largest absolute Gasteiger partial charge is 0.454 e. The Morgan fingerprint density at radius 1 is 1.38 bits per heavy atom. The van der Waals surface area contributed by atoms with Crippen LogP contribution in [0.2, 0.25) is 0 Å². The number of anilines is 1. The summed E-state index contributed by atoms with van der Waals surface area (Å²) < 4.78 is 11.3. The van der Waals surface area contributed by atoms with E-state index in [1.807, 2.05) is 6.92 Å². The fraction of sp³-hybridized carbons (Fsp3) is 0.308. The van der Waals surface area contributed by atoms with Gasteiger partial charge in [0.1, 0.15) is 0 Å². The molecule has 2 aromatic rings. The van der Waals surface area contributed by atoms with E-state index in [1.54, 1.807) is 18.2 Å². The van der Waals surface area contributed by atoms with E-state index < -0.39 is 0 Å². The van der Waals surface area contributed by atoms with Gasteiger partial charge in [0.2, 0.25) is 11.9 Å². The number of carbonyl (C=O) groups is 1. The van der Waals surface area contributed by atoms with Gasteiger partial charge in [-0.05, 0) is 25.1 Å². The third-order valence-electron chi connectivity index (χ3n) is 2.76. The molecule has 6 nitrogen and oxygen atoms in total. The zero-order valence-corrected chi connectivity index (χ0v) is 12.9. The fourth-order valence-electron chi connectivity index (χ4n) is 1.77. The molecule has 0 fully saturated rings. The number of ether oxygens (including phenoxy) is 2. The first-order valence-corrected chi connectivity index (χ1v) is 8.19. The highest BCUT2D eigenvalue weighted by molar-refractivity contribution is 8.01. The summed E-state index contributed by atoms with van der Waals surface area (Å²) in [7, 11) is 0. The standard InChI is InChI=1S/C13H13N3O3S2/c1-2-14-12-15-16-13(21-12)20-6-9(17)8-3-4-10-11(5-8)19-7-18-10/h3-5H,2,6-7H2,1H3,(H,14,15). The normalized spacial score (nSPS) is 12.4. The number of rotatable bonds is 6. The van der Waals surface area contributed by atoms with Gasteiger partial charge in [0, 0.05) is 12.1 Å². The van der Waals surface area contributed by atoms with E-state index in [0.29, 0.717) is 22.8 Å². The fourth-order valence-corrected chi connectivity index (χ4v) is 3.49. The third kappa shape index (κ3) is 3.27. The molecule has 21 heavy (non-hydrogen) atoms. The zero-order chi connectivity index (χ0) is 14.7. The summed E-state index contributed by atoms with van der Waals surface area (Å²) in [5, 5.41) is 11.9. The van der Waals surface area contributed by atoms with Crippen LogP contribution < -0.4 is 14.8 Å². The van der Waals surface area contributed by atoms with Crippen LogP contribution in [0.5, 0.6) is 11.5 Å². The van der Waals surface area contributed by atoms with Crippen LogP contribution in [0, 0.1) is 0 Å². The number of carbonyl (C=O) groups excluding carboxylic acids is 1. The number of nitrogens with zero attached hydrogens (tertiary/aromatic N) is 2. The van der Waals surface area contributed by atoms with Crippen LogP contribution in [-0.4, -0.2) is 35.1 Å².